The Hall–Kier alpha value is -1.72. The first-order valence-electron chi connectivity index (χ1n) is 8.08. The van der Waals surface area contributed by atoms with Crippen LogP contribution in [-0.4, -0.2) is 21.9 Å². The smallest absolute Gasteiger partial charge is 0.230 e. The molecule has 5 heteroatoms. The van der Waals surface area contributed by atoms with Crippen molar-refractivity contribution >= 4 is 0 Å². The summed E-state index contributed by atoms with van der Waals surface area (Å²) in [4.78, 5) is 0. The van der Waals surface area contributed by atoms with Crippen LogP contribution in [0.3, 0.4) is 0 Å². The summed E-state index contributed by atoms with van der Waals surface area (Å²) in [7, 11) is 0. The summed E-state index contributed by atoms with van der Waals surface area (Å²) in [5.74, 6) is 1.90. The van der Waals surface area contributed by atoms with Crippen LogP contribution in [0.15, 0.2) is 34.7 Å². The van der Waals surface area contributed by atoms with Gasteiger partial charge in [0.25, 0.3) is 0 Å². The van der Waals surface area contributed by atoms with E-state index in [9.17, 15) is 0 Å². The van der Waals surface area contributed by atoms with Crippen molar-refractivity contribution in [3.05, 3.63) is 47.7 Å². The van der Waals surface area contributed by atoms with Gasteiger partial charge in [0.05, 0.1) is 6.54 Å². The standard InChI is InChI=1S/C17H23N3O2/c21-11-5-10-15(13-6-2-1-3-7-13)18-12-16-19-20-17(22-16)14-8-4-9-14/h1-3,6-7,14-15,18,21H,4-5,8-12H2. The van der Waals surface area contributed by atoms with Gasteiger partial charge in [0.1, 0.15) is 0 Å². The Bertz CT molecular complexity index is 566. The summed E-state index contributed by atoms with van der Waals surface area (Å²) < 4.78 is 5.74. The van der Waals surface area contributed by atoms with Crippen LogP contribution >= 0.6 is 0 Å². The number of rotatable bonds is 8. The molecule has 1 aliphatic carbocycles. The molecule has 1 aromatic carbocycles. The molecule has 1 aromatic heterocycles. The highest BCUT2D eigenvalue weighted by molar-refractivity contribution is 5.18. The van der Waals surface area contributed by atoms with E-state index in [1.165, 1.54) is 12.0 Å². The molecule has 22 heavy (non-hydrogen) atoms. The summed E-state index contributed by atoms with van der Waals surface area (Å²) in [6.07, 6.45) is 5.24. The van der Waals surface area contributed by atoms with Crippen LogP contribution in [-0.2, 0) is 6.54 Å². The molecule has 0 amide bonds. The highest BCUT2D eigenvalue weighted by Gasteiger charge is 2.25. The maximum atomic E-state index is 9.08. The Morgan fingerprint density at radius 2 is 2.05 bits per heavy atom. The van der Waals surface area contributed by atoms with Crippen molar-refractivity contribution in [2.24, 2.45) is 0 Å². The molecule has 1 aliphatic rings. The molecule has 0 aliphatic heterocycles. The average Bonchev–Trinajstić information content (AvgIpc) is 2.95. The minimum Gasteiger partial charge on any atom is -0.424 e. The zero-order valence-electron chi connectivity index (χ0n) is 12.7. The van der Waals surface area contributed by atoms with Gasteiger partial charge in [0.2, 0.25) is 11.8 Å². The average molecular weight is 301 g/mol. The molecule has 5 nitrogen and oxygen atoms in total. The van der Waals surface area contributed by atoms with Gasteiger partial charge < -0.3 is 14.8 Å². The fraction of sp³-hybridized carbons (Fsp3) is 0.529. The molecule has 1 saturated carbocycles. The fourth-order valence-corrected chi connectivity index (χ4v) is 2.74. The zero-order valence-corrected chi connectivity index (χ0v) is 12.7. The number of nitrogens with one attached hydrogen (secondary N) is 1. The first kappa shape index (κ1) is 15.2. The SMILES string of the molecule is OCCCC(NCc1nnc(C2CCC2)o1)c1ccccc1. The van der Waals surface area contributed by atoms with Crippen LogP contribution < -0.4 is 5.32 Å². The number of nitrogens with zero attached hydrogens (tertiary/aromatic N) is 2. The van der Waals surface area contributed by atoms with E-state index in [-0.39, 0.29) is 12.6 Å². The lowest BCUT2D eigenvalue weighted by molar-refractivity contribution is 0.272. The highest BCUT2D eigenvalue weighted by atomic mass is 16.4. The van der Waals surface area contributed by atoms with E-state index in [1.54, 1.807) is 0 Å². The molecular formula is C17H23N3O2. The second-order valence-electron chi connectivity index (χ2n) is 5.87. The summed E-state index contributed by atoms with van der Waals surface area (Å²) >= 11 is 0. The number of hydrogen-bond acceptors (Lipinski definition) is 5. The number of benzene rings is 1. The van der Waals surface area contributed by atoms with E-state index in [0.29, 0.717) is 18.4 Å². The lowest BCUT2D eigenvalue weighted by Gasteiger charge is -2.21. The first-order chi connectivity index (χ1) is 10.9. The Balaban J connectivity index is 1.59. The molecule has 2 N–H and O–H groups in total. The lowest BCUT2D eigenvalue weighted by atomic mass is 9.85. The molecule has 1 fully saturated rings. The van der Waals surface area contributed by atoms with E-state index in [1.807, 2.05) is 18.2 Å². The Morgan fingerprint density at radius 1 is 1.23 bits per heavy atom. The molecule has 0 saturated heterocycles. The molecule has 118 valence electrons. The van der Waals surface area contributed by atoms with Crippen molar-refractivity contribution in [2.75, 3.05) is 6.61 Å². The second-order valence-corrected chi connectivity index (χ2v) is 5.87. The van der Waals surface area contributed by atoms with Gasteiger partial charge in [-0.3, -0.25) is 0 Å². The molecule has 2 aromatic rings. The van der Waals surface area contributed by atoms with Crippen LogP contribution in [0.5, 0.6) is 0 Å². The minimum absolute atomic E-state index is 0.187. The molecule has 0 radical (unpaired) electrons. The van der Waals surface area contributed by atoms with E-state index in [0.717, 1.165) is 31.6 Å². The molecule has 1 atom stereocenters. The Morgan fingerprint density at radius 3 is 2.73 bits per heavy atom. The normalized spacial score (nSPS) is 16.4. The first-order valence-corrected chi connectivity index (χ1v) is 8.08. The van der Waals surface area contributed by atoms with Crippen molar-refractivity contribution in [3.8, 4) is 0 Å². The van der Waals surface area contributed by atoms with Crippen molar-refractivity contribution in [3.63, 3.8) is 0 Å². The summed E-state index contributed by atoms with van der Waals surface area (Å²) in [6.45, 7) is 0.766. The van der Waals surface area contributed by atoms with E-state index in [2.05, 4.69) is 27.6 Å². The van der Waals surface area contributed by atoms with Gasteiger partial charge in [-0.2, -0.15) is 0 Å². The quantitative estimate of drug-likeness (QED) is 0.784. The number of aliphatic hydroxyl groups excluding tert-OH is 1. The van der Waals surface area contributed by atoms with Crippen LogP contribution in [0.1, 0.15) is 61.4 Å². The molecule has 3 rings (SSSR count). The van der Waals surface area contributed by atoms with Gasteiger partial charge >= 0.3 is 0 Å². The van der Waals surface area contributed by atoms with Crippen LogP contribution in [0.2, 0.25) is 0 Å². The van der Waals surface area contributed by atoms with E-state index >= 15 is 0 Å². The molecular weight excluding hydrogens is 278 g/mol. The predicted octanol–water partition coefficient (Wildman–Crippen LogP) is 2.94. The van der Waals surface area contributed by atoms with Crippen molar-refractivity contribution < 1.29 is 9.52 Å². The maximum Gasteiger partial charge on any atom is 0.230 e. The minimum atomic E-state index is 0.187. The summed E-state index contributed by atoms with van der Waals surface area (Å²) in [6, 6.07) is 10.5. The highest BCUT2D eigenvalue weighted by Crippen LogP contribution is 2.35. The van der Waals surface area contributed by atoms with Crippen molar-refractivity contribution in [2.45, 2.75) is 50.6 Å². The number of hydrogen-bond donors (Lipinski definition) is 2. The van der Waals surface area contributed by atoms with Crippen LogP contribution in [0.25, 0.3) is 0 Å². The molecule has 1 heterocycles. The number of aliphatic hydroxyl groups is 1. The van der Waals surface area contributed by atoms with Gasteiger partial charge in [-0.25, -0.2) is 0 Å². The van der Waals surface area contributed by atoms with Gasteiger partial charge in [-0.1, -0.05) is 36.8 Å². The lowest BCUT2D eigenvalue weighted by Crippen LogP contribution is -2.21. The van der Waals surface area contributed by atoms with Gasteiger partial charge in [0.15, 0.2) is 0 Å². The number of aromatic nitrogens is 2. The summed E-state index contributed by atoms with van der Waals surface area (Å²) in [5, 5.41) is 20.8. The monoisotopic (exact) mass is 301 g/mol. The van der Waals surface area contributed by atoms with E-state index < -0.39 is 0 Å². The van der Waals surface area contributed by atoms with Gasteiger partial charge in [0, 0.05) is 18.6 Å². The second kappa shape index (κ2) is 7.51. The largest absolute Gasteiger partial charge is 0.424 e. The topological polar surface area (TPSA) is 71.2 Å². The van der Waals surface area contributed by atoms with Crippen LogP contribution in [0, 0.1) is 0 Å². The van der Waals surface area contributed by atoms with Gasteiger partial charge in [-0.05, 0) is 31.2 Å². The van der Waals surface area contributed by atoms with Crippen LogP contribution in [0.4, 0.5) is 0 Å². The third-order valence-electron chi connectivity index (χ3n) is 4.29. The van der Waals surface area contributed by atoms with Crippen molar-refractivity contribution in [1.29, 1.82) is 0 Å². The maximum absolute atomic E-state index is 9.08. The molecule has 0 bridgehead atoms. The predicted molar refractivity (Wildman–Crippen MR) is 83.2 cm³/mol. The molecule has 0 spiro atoms. The van der Waals surface area contributed by atoms with E-state index in [4.69, 9.17) is 9.52 Å². The zero-order chi connectivity index (χ0) is 15.2. The third-order valence-corrected chi connectivity index (χ3v) is 4.29. The van der Waals surface area contributed by atoms with Crippen molar-refractivity contribution in [1.82, 2.24) is 15.5 Å². The fourth-order valence-electron chi connectivity index (χ4n) is 2.74. The summed E-state index contributed by atoms with van der Waals surface area (Å²) in [5.41, 5.74) is 1.22. The Kier molecular flexibility index (Phi) is 5.19. The van der Waals surface area contributed by atoms with Gasteiger partial charge in [-0.15, -0.1) is 10.2 Å². The molecule has 1 unspecified atom stereocenters. The Labute approximate surface area is 130 Å². The third kappa shape index (κ3) is 3.72.